The highest BCUT2D eigenvalue weighted by atomic mass is 19.1. The molecule has 0 bridgehead atoms. The molecular weight excluding hydrogens is 211 g/mol. The molecule has 4 heteroatoms. The molecule has 1 atom stereocenters. The van der Waals surface area contributed by atoms with Crippen molar-refractivity contribution in [1.82, 2.24) is 0 Å². The van der Waals surface area contributed by atoms with Gasteiger partial charge in [0.1, 0.15) is 11.6 Å². The van der Waals surface area contributed by atoms with Gasteiger partial charge in [-0.15, -0.1) is 0 Å². The van der Waals surface area contributed by atoms with Gasteiger partial charge in [-0.1, -0.05) is 0 Å². The molecule has 1 aliphatic rings. The van der Waals surface area contributed by atoms with Crippen LogP contribution in [0.3, 0.4) is 0 Å². The summed E-state index contributed by atoms with van der Waals surface area (Å²) in [5.41, 5.74) is 0.806. The van der Waals surface area contributed by atoms with Crippen molar-refractivity contribution >= 4 is 5.97 Å². The molecule has 86 valence electrons. The van der Waals surface area contributed by atoms with Crippen LogP contribution in [0, 0.1) is 5.82 Å². The van der Waals surface area contributed by atoms with E-state index in [1.807, 2.05) is 0 Å². The lowest BCUT2D eigenvalue weighted by molar-refractivity contribution is -0.152. The SMILES string of the molecule is CCOC(=O)[C@@H]1CCc2cc(F)ccc2O1. The van der Waals surface area contributed by atoms with E-state index in [1.54, 1.807) is 13.0 Å². The highest BCUT2D eigenvalue weighted by molar-refractivity contribution is 5.75. The van der Waals surface area contributed by atoms with E-state index in [0.717, 1.165) is 5.56 Å². The van der Waals surface area contributed by atoms with E-state index in [0.29, 0.717) is 25.2 Å². The molecule has 0 radical (unpaired) electrons. The van der Waals surface area contributed by atoms with Crippen LogP contribution in [-0.2, 0) is 16.0 Å². The molecule has 1 aromatic carbocycles. The van der Waals surface area contributed by atoms with Crippen molar-refractivity contribution in [1.29, 1.82) is 0 Å². The van der Waals surface area contributed by atoms with Gasteiger partial charge in [0.25, 0.3) is 0 Å². The summed E-state index contributed by atoms with van der Waals surface area (Å²) in [5.74, 6) is -0.0555. The minimum absolute atomic E-state index is 0.281. The molecule has 0 N–H and O–H groups in total. The number of hydrogen-bond donors (Lipinski definition) is 0. The van der Waals surface area contributed by atoms with Gasteiger partial charge in [-0.05, 0) is 43.5 Å². The number of carbonyl (C=O) groups excluding carboxylic acids is 1. The van der Waals surface area contributed by atoms with Gasteiger partial charge in [0.15, 0.2) is 6.10 Å². The molecule has 0 saturated heterocycles. The largest absolute Gasteiger partial charge is 0.478 e. The molecule has 0 spiro atoms. The first-order valence-electron chi connectivity index (χ1n) is 5.32. The molecule has 0 fully saturated rings. The molecule has 0 saturated carbocycles. The Morgan fingerprint density at radius 1 is 1.62 bits per heavy atom. The van der Waals surface area contributed by atoms with Gasteiger partial charge in [-0.25, -0.2) is 9.18 Å². The van der Waals surface area contributed by atoms with Crippen LogP contribution in [-0.4, -0.2) is 18.7 Å². The van der Waals surface area contributed by atoms with Crippen LogP contribution in [0.5, 0.6) is 5.75 Å². The van der Waals surface area contributed by atoms with Crippen molar-refractivity contribution in [2.75, 3.05) is 6.61 Å². The number of halogens is 1. The predicted molar refractivity (Wildman–Crippen MR) is 55.8 cm³/mol. The average Bonchev–Trinajstić information content (AvgIpc) is 2.28. The Bertz CT molecular complexity index is 403. The highest BCUT2D eigenvalue weighted by Gasteiger charge is 2.27. The molecule has 1 aromatic rings. The van der Waals surface area contributed by atoms with Crippen molar-refractivity contribution in [3.05, 3.63) is 29.6 Å². The Morgan fingerprint density at radius 3 is 3.19 bits per heavy atom. The third kappa shape index (κ3) is 2.15. The van der Waals surface area contributed by atoms with Gasteiger partial charge >= 0.3 is 5.97 Å². The lowest BCUT2D eigenvalue weighted by Crippen LogP contribution is -2.32. The standard InChI is InChI=1S/C12H13FO3/c1-2-15-12(14)11-5-3-8-7-9(13)4-6-10(8)16-11/h4,6-7,11H,2-3,5H2,1H3/t11-/m0/s1. The molecule has 0 amide bonds. The van der Waals surface area contributed by atoms with E-state index in [4.69, 9.17) is 9.47 Å². The lowest BCUT2D eigenvalue weighted by Gasteiger charge is -2.24. The number of carbonyl (C=O) groups is 1. The number of hydrogen-bond acceptors (Lipinski definition) is 3. The van der Waals surface area contributed by atoms with Gasteiger partial charge in [0.2, 0.25) is 0 Å². The topological polar surface area (TPSA) is 35.5 Å². The minimum Gasteiger partial charge on any atom is -0.478 e. The monoisotopic (exact) mass is 224 g/mol. The molecule has 2 rings (SSSR count). The molecule has 16 heavy (non-hydrogen) atoms. The smallest absolute Gasteiger partial charge is 0.347 e. The van der Waals surface area contributed by atoms with Crippen LogP contribution >= 0.6 is 0 Å². The van der Waals surface area contributed by atoms with Crippen LogP contribution < -0.4 is 4.74 Å². The van der Waals surface area contributed by atoms with Crippen LogP contribution in [0.15, 0.2) is 18.2 Å². The summed E-state index contributed by atoms with van der Waals surface area (Å²) in [7, 11) is 0. The summed E-state index contributed by atoms with van der Waals surface area (Å²) in [6, 6.07) is 4.32. The molecule has 0 aliphatic carbocycles. The van der Waals surface area contributed by atoms with E-state index in [2.05, 4.69) is 0 Å². The van der Waals surface area contributed by atoms with Crippen LogP contribution in [0.25, 0.3) is 0 Å². The zero-order chi connectivity index (χ0) is 11.5. The number of esters is 1. The molecule has 1 heterocycles. The number of benzene rings is 1. The summed E-state index contributed by atoms with van der Waals surface area (Å²) in [6.07, 6.45) is 0.615. The molecule has 3 nitrogen and oxygen atoms in total. The van der Waals surface area contributed by atoms with Gasteiger partial charge in [-0.3, -0.25) is 0 Å². The highest BCUT2D eigenvalue weighted by Crippen LogP contribution is 2.28. The maximum absolute atomic E-state index is 12.9. The summed E-state index contributed by atoms with van der Waals surface area (Å²) in [6.45, 7) is 2.10. The number of ether oxygens (including phenoxy) is 2. The Balaban J connectivity index is 2.12. The van der Waals surface area contributed by atoms with Gasteiger partial charge in [0.05, 0.1) is 6.61 Å². The second kappa shape index (κ2) is 4.51. The van der Waals surface area contributed by atoms with Crippen molar-refractivity contribution in [3.63, 3.8) is 0 Å². The van der Waals surface area contributed by atoms with Crippen LogP contribution in [0.4, 0.5) is 4.39 Å². The van der Waals surface area contributed by atoms with Crippen molar-refractivity contribution in [3.8, 4) is 5.75 Å². The summed E-state index contributed by atoms with van der Waals surface area (Å²) in [5, 5.41) is 0. The second-order valence-electron chi connectivity index (χ2n) is 3.65. The van der Waals surface area contributed by atoms with E-state index in [9.17, 15) is 9.18 Å². The quantitative estimate of drug-likeness (QED) is 0.721. The second-order valence-corrected chi connectivity index (χ2v) is 3.65. The van der Waals surface area contributed by atoms with Crippen molar-refractivity contribution in [2.45, 2.75) is 25.9 Å². The fraction of sp³-hybridized carbons (Fsp3) is 0.417. The number of aryl methyl sites for hydroxylation is 1. The zero-order valence-corrected chi connectivity index (χ0v) is 9.03. The van der Waals surface area contributed by atoms with Crippen molar-refractivity contribution in [2.24, 2.45) is 0 Å². The van der Waals surface area contributed by atoms with Crippen LogP contribution in [0.2, 0.25) is 0 Å². The summed E-state index contributed by atoms with van der Waals surface area (Å²) in [4.78, 5) is 11.5. The van der Waals surface area contributed by atoms with E-state index in [-0.39, 0.29) is 11.8 Å². The summed E-state index contributed by atoms with van der Waals surface area (Å²) < 4.78 is 23.3. The first kappa shape index (κ1) is 10.9. The molecular formula is C12H13FO3. The van der Waals surface area contributed by atoms with Gasteiger partial charge < -0.3 is 9.47 Å². The maximum Gasteiger partial charge on any atom is 0.347 e. The van der Waals surface area contributed by atoms with Gasteiger partial charge in [0, 0.05) is 0 Å². The normalized spacial score (nSPS) is 18.5. The first-order chi connectivity index (χ1) is 7.70. The number of rotatable bonds is 2. The third-order valence-corrected chi connectivity index (χ3v) is 2.52. The van der Waals surface area contributed by atoms with Crippen molar-refractivity contribution < 1.29 is 18.7 Å². The van der Waals surface area contributed by atoms with E-state index >= 15 is 0 Å². The Kier molecular flexibility index (Phi) is 3.08. The first-order valence-corrected chi connectivity index (χ1v) is 5.32. The minimum atomic E-state index is -0.557. The van der Waals surface area contributed by atoms with E-state index < -0.39 is 6.10 Å². The van der Waals surface area contributed by atoms with Gasteiger partial charge in [-0.2, -0.15) is 0 Å². The fourth-order valence-electron chi connectivity index (χ4n) is 1.76. The maximum atomic E-state index is 12.9. The zero-order valence-electron chi connectivity index (χ0n) is 9.03. The third-order valence-electron chi connectivity index (χ3n) is 2.52. The molecule has 0 unspecified atom stereocenters. The van der Waals surface area contributed by atoms with E-state index in [1.165, 1.54) is 12.1 Å². The Morgan fingerprint density at radius 2 is 2.44 bits per heavy atom. The lowest BCUT2D eigenvalue weighted by atomic mass is 10.0. The Hall–Kier alpha value is -1.58. The molecule has 1 aliphatic heterocycles. The van der Waals surface area contributed by atoms with Crippen LogP contribution in [0.1, 0.15) is 18.9 Å². The summed E-state index contributed by atoms with van der Waals surface area (Å²) >= 11 is 0. The number of fused-ring (bicyclic) bond motifs is 1. The average molecular weight is 224 g/mol. The fourth-order valence-corrected chi connectivity index (χ4v) is 1.76. The predicted octanol–water partition coefficient (Wildman–Crippen LogP) is 2.08. The molecule has 0 aromatic heterocycles. The Labute approximate surface area is 93.2 Å².